The van der Waals surface area contributed by atoms with Gasteiger partial charge in [-0.15, -0.1) is 0 Å². The van der Waals surface area contributed by atoms with E-state index >= 15 is 0 Å². The van der Waals surface area contributed by atoms with Crippen LogP contribution < -0.4 is 0 Å². The molecule has 33 heavy (non-hydrogen) atoms. The summed E-state index contributed by atoms with van der Waals surface area (Å²) in [6, 6.07) is 16.2. The average molecular weight is 454 g/mol. The summed E-state index contributed by atoms with van der Waals surface area (Å²) < 4.78 is 16.5. The van der Waals surface area contributed by atoms with Crippen molar-refractivity contribution < 1.29 is 23.8 Å². The van der Waals surface area contributed by atoms with Gasteiger partial charge < -0.3 is 14.2 Å². The van der Waals surface area contributed by atoms with Gasteiger partial charge >= 0.3 is 11.9 Å². The molecule has 2 atom stereocenters. The van der Waals surface area contributed by atoms with E-state index in [1.165, 1.54) is 11.1 Å². The summed E-state index contributed by atoms with van der Waals surface area (Å²) >= 11 is 0. The molecular weight excluding hydrogens is 418 g/mol. The van der Waals surface area contributed by atoms with Crippen molar-refractivity contribution in [3.8, 4) is 0 Å². The molecular formula is C27H35NO5. The number of benzene rings is 2. The number of hydrogen-bond donors (Lipinski definition) is 0. The number of fused-ring (bicyclic) bond motifs is 1. The molecule has 0 amide bonds. The van der Waals surface area contributed by atoms with Gasteiger partial charge in [-0.05, 0) is 62.4 Å². The van der Waals surface area contributed by atoms with Gasteiger partial charge in [0.2, 0.25) is 0 Å². The van der Waals surface area contributed by atoms with Crippen LogP contribution in [-0.4, -0.2) is 43.6 Å². The average Bonchev–Trinajstić information content (AvgIpc) is 2.83. The number of aryl methyl sites for hydroxylation is 1. The quantitative estimate of drug-likeness (QED) is 0.457. The molecule has 0 bridgehead atoms. The highest BCUT2D eigenvalue weighted by molar-refractivity contribution is 5.76. The zero-order valence-corrected chi connectivity index (χ0v) is 19.9. The molecule has 178 valence electrons. The number of carbonyl (C=O) groups excluding carboxylic acids is 2. The first-order valence-corrected chi connectivity index (χ1v) is 11.8. The lowest BCUT2D eigenvalue weighted by molar-refractivity contribution is -0.158. The van der Waals surface area contributed by atoms with Crippen molar-refractivity contribution in [2.45, 2.75) is 58.3 Å². The van der Waals surface area contributed by atoms with E-state index in [1.54, 1.807) is 6.92 Å². The normalized spacial score (nSPS) is 16.2. The Kier molecular flexibility index (Phi) is 9.46. The standard InChI is InChI=1S/C27H35NO5/c1-4-31-25(29)16-17-28(3)24-13-9-12-21-14-15-22(18-23(21)24)26(27(30)32-5-2)33-19-20-10-7-6-8-11-20/h6-8,10-11,14-15,18,24,26H,4-5,9,12-13,16-17,19H2,1-3H3/t24?,26-/m0/s1. The fourth-order valence-corrected chi connectivity index (χ4v) is 4.34. The highest BCUT2D eigenvalue weighted by Gasteiger charge is 2.28. The maximum Gasteiger partial charge on any atom is 0.339 e. The molecule has 0 radical (unpaired) electrons. The van der Waals surface area contributed by atoms with Crippen LogP contribution in [0.1, 0.15) is 67.5 Å². The topological polar surface area (TPSA) is 65.1 Å². The zero-order chi connectivity index (χ0) is 23.6. The molecule has 0 heterocycles. The Bertz CT molecular complexity index is 914. The molecule has 0 aromatic heterocycles. The maximum absolute atomic E-state index is 12.8. The number of hydrogen-bond acceptors (Lipinski definition) is 6. The van der Waals surface area contributed by atoms with Crippen LogP contribution in [0.2, 0.25) is 0 Å². The molecule has 0 N–H and O–H groups in total. The van der Waals surface area contributed by atoms with Crippen LogP contribution in [-0.2, 0) is 36.8 Å². The second-order valence-electron chi connectivity index (χ2n) is 8.33. The highest BCUT2D eigenvalue weighted by atomic mass is 16.6. The van der Waals surface area contributed by atoms with Crippen molar-refractivity contribution in [3.63, 3.8) is 0 Å². The van der Waals surface area contributed by atoms with E-state index in [1.807, 2.05) is 50.4 Å². The summed E-state index contributed by atoms with van der Waals surface area (Å²) in [5.74, 6) is -0.553. The van der Waals surface area contributed by atoms with Crippen molar-refractivity contribution in [2.75, 3.05) is 26.8 Å². The van der Waals surface area contributed by atoms with E-state index in [4.69, 9.17) is 14.2 Å². The summed E-state index contributed by atoms with van der Waals surface area (Å²) in [7, 11) is 2.04. The molecule has 2 aromatic rings. The van der Waals surface area contributed by atoms with Crippen molar-refractivity contribution >= 4 is 11.9 Å². The monoisotopic (exact) mass is 453 g/mol. The molecule has 3 rings (SSSR count). The van der Waals surface area contributed by atoms with Crippen LogP contribution >= 0.6 is 0 Å². The summed E-state index contributed by atoms with van der Waals surface area (Å²) in [5, 5.41) is 0. The van der Waals surface area contributed by atoms with Crippen LogP contribution in [0.3, 0.4) is 0 Å². The van der Waals surface area contributed by atoms with Gasteiger partial charge in [0.05, 0.1) is 26.2 Å². The first-order valence-electron chi connectivity index (χ1n) is 11.8. The van der Waals surface area contributed by atoms with Crippen LogP contribution in [0.15, 0.2) is 48.5 Å². The zero-order valence-electron chi connectivity index (χ0n) is 19.9. The van der Waals surface area contributed by atoms with Gasteiger partial charge in [-0.2, -0.15) is 0 Å². The van der Waals surface area contributed by atoms with Gasteiger partial charge in [0, 0.05) is 12.6 Å². The lowest BCUT2D eigenvalue weighted by Gasteiger charge is -2.34. The van der Waals surface area contributed by atoms with E-state index in [2.05, 4.69) is 17.0 Å². The molecule has 6 heteroatoms. The second-order valence-corrected chi connectivity index (χ2v) is 8.33. The number of carbonyl (C=O) groups is 2. The molecule has 0 saturated heterocycles. The van der Waals surface area contributed by atoms with Crippen LogP contribution in [0, 0.1) is 0 Å². The number of rotatable bonds is 11. The molecule has 1 unspecified atom stereocenters. The van der Waals surface area contributed by atoms with Crippen molar-refractivity contribution in [2.24, 2.45) is 0 Å². The largest absolute Gasteiger partial charge is 0.466 e. The first kappa shape index (κ1) is 24.9. The summed E-state index contributed by atoms with van der Waals surface area (Å²) in [4.78, 5) is 26.8. The third kappa shape index (κ3) is 6.89. The van der Waals surface area contributed by atoms with E-state index in [9.17, 15) is 9.59 Å². The Morgan fingerprint density at radius 3 is 2.55 bits per heavy atom. The van der Waals surface area contributed by atoms with Gasteiger partial charge in [0.25, 0.3) is 0 Å². The van der Waals surface area contributed by atoms with Crippen molar-refractivity contribution in [1.82, 2.24) is 4.90 Å². The van der Waals surface area contributed by atoms with Crippen LogP contribution in [0.4, 0.5) is 0 Å². The second kappa shape index (κ2) is 12.5. The minimum Gasteiger partial charge on any atom is -0.466 e. The molecule has 0 saturated carbocycles. The fourth-order valence-electron chi connectivity index (χ4n) is 4.34. The Balaban J connectivity index is 1.80. The van der Waals surface area contributed by atoms with E-state index in [0.29, 0.717) is 32.8 Å². The molecule has 0 spiro atoms. The first-order chi connectivity index (χ1) is 16.0. The number of nitrogens with zero attached hydrogens (tertiary/aromatic N) is 1. The third-order valence-electron chi connectivity index (χ3n) is 6.02. The summed E-state index contributed by atoms with van der Waals surface area (Å²) in [5.41, 5.74) is 4.28. The van der Waals surface area contributed by atoms with Crippen molar-refractivity contribution in [3.05, 3.63) is 70.8 Å². The third-order valence-corrected chi connectivity index (χ3v) is 6.02. The molecule has 0 aliphatic heterocycles. The highest BCUT2D eigenvalue weighted by Crippen LogP contribution is 2.36. The van der Waals surface area contributed by atoms with Gasteiger partial charge in [-0.1, -0.05) is 48.5 Å². The molecule has 1 aliphatic rings. The fraction of sp³-hybridized carbons (Fsp3) is 0.481. The van der Waals surface area contributed by atoms with Gasteiger partial charge in [-0.25, -0.2) is 4.79 Å². The minimum absolute atomic E-state index is 0.175. The van der Waals surface area contributed by atoms with Crippen molar-refractivity contribution in [1.29, 1.82) is 0 Å². The number of ether oxygens (including phenoxy) is 3. The lowest BCUT2D eigenvalue weighted by atomic mass is 9.85. The Morgan fingerprint density at radius 2 is 1.82 bits per heavy atom. The SMILES string of the molecule is CCOC(=O)CCN(C)C1CCCc2ccc([C@H](OCc3ccccc3)C(=O)OCC)cc21. The Hall–Kier alpha value is -2.70. The van der Waals surface area contributed by atoms with Gasteiger partial charge in [-0.3, -0.25) is 9.69 Å². The molecule has 1 aliphatic carbocycles. The molecule has 2 aromatic carbocycles. The summed E-state index contributed by atoms with van der Waals surface area (Å²) in [6.45, 7) is 5.27. The predicted octanol–water partition coefficient (Wildman–Crippen LogP) is 4.77. The van der Waals surface area contributed by atoms with Crippen LogP contribution in [0.25, 0.3) is 0 Å². The Labute approximate surface area is 196 Å². The maximum atomic E-state index is 12.8. The van der Waals surface area contributed by atoms with E-state index in [0.717, 1.165) is 30.4 Å². The predicted molar refractivity (Wildman–Crippen MR) is 127 cm³/mol. The smallest absolute Gasteiger partial charge is 0.339 e. The summed E-state index contributed by atoms with van der Waals surface area (Å²) in [6.07, 6.45) is 2.67. The van der Waals surface area contributed by atoms with Gasteiger partial charge in [0.15, 0.2) is 6.10 Å². The number of esters is 2. The Morgan fingerprint density at radius 1 is 1.06 bits per heavy atom. The van der Waals surface area contributed by atoms with E-state index < -0.39 is 6.10 Å². The molecule has 0 fully saturated rings. The lowest BCUT2D eigenvalue weighted by Crippen LogP contribution is -2.30. The van der Waals surface area contributed by atoms with Crippen LogP contribution in [0.5, 0.6) is 0 Å². The van der Waals surface area contributed by atoms with Gasteiger partial charge in [0.1, 0.15) is 0 Å². The van der Waals surface area contributed by atoms with E-state index in [-0.39, 0.29) is 18.0 Å². The minimum atomic E-state index is -0.789. The molecule has 6 nitrogen and oxygen atoms in total.